The number of nitrogens with one attached hydrogen (secondary N) is 1. The number of hydrogen-bond donors (Lipinski definition) is 1. The van der Waals surface area contributed by atoms with Gasteiger partial charge >= 0.3 is 0 Å². The fraction of sp³-hybridized carbons (Fsp3) is 0.120. The van der Waals surface area contributed by atoms with Crippen molar-refractivity contribution in [2.24, 2.45) is 5.10 Å². The average molecular weight is 461 g/mol. The van der Waals surface area contributed by atoms with Crippen molar-refractivity contribution in [3.63, 3.8) is 0 Å². The lowest BCUT2D eigenvalue weighted by molar-refractivity contribution is -0.385. The summed E-state index contributed by atoms with van der Waals surface area (Å²) in [5, 5.41) is 17.0. The molecule has 7 nitrogen and oxygen atoms in total. The smallest absolute Gasteiger partial charge is 0.273 e. The van der Waals surface area contributed by atoms with Crippen molar-refractivity contribution in [1.82, 2.24) is 9.99 Å². The molecule has 3 aromatic carbocycles. The summed E-state index contributed by atoms with van der Waals surface area (Å²) in [6.45, 7) is 2.67. The molecule has 0 saturated carbocycles. The second-order valence-electron chi connectivity index (χ2n) is 7.58. The molecule has 0 fully saturated rings. The van der Waals surface area contributed by atoms with E-state index in [1.54, 1.807) is 24.4 Å². The van der Waals surface area contributed by atoms with Crippen molar-refractivity contribution in [1.29, 1.82) is 0 Å². The molecule has 1 N–H and O–H groups in total. The molecule has 0 spiro atoms. The van der Waals surface area contributed by atoms with Crippen molar-refractivity contribution < 1.29 is 9.72 Å². The molecule has 4 aromatic rings. The SMILES string of the molecule is Cc1c(C=NNC(=O)Cc2ccccc2[N+](=O)[O-])c2ccccc2n1Cc1ccc(Cl)cc1. The van der Waals surface area contributed by atoms with Crippen LogP contribution in [0.15, 0.2) is 77.9 Å². The maximum absolute atomic E-state index is 12.3. The molecule has 0 aliphatic rings. The van der Waals surface area contributed by atoms with E-state index in [-0.39, 0.29) is 12.1 Å². The van der Waals surface area contributed by atoms with E-state index in [1.807, 2.05) is 55.5 Å². The number of rotatable bonds is 7. The largest absolute Gasteiger partial charge is 0.340 e. The standard InChI is InChI=1S/C25H21ClN4O3/c1-17-22(15-27-28-25(31)14-19-6-2-4-8-23(19)30(32)33)21-7-3-5-9-24(21)29(17)16-18-10-12-20(26)13-11-18/h2-13,15H,14,16H2,1H3,(H,28,31). The fourth-order valence-corrected chi connectivity index (χ4v) is 3.94. The van der Waals surface area contributed by atoms with Gasteiger partial charge in [-0.05, 0) is 30.7 Å². The van der Waals surface area contributed by atoms with Crippen molar-refractivity contribution >= 4 is 40.3 Å². The van der Waals surface area contributed by atoms with Crippen LogP contribution in [0.25, 0.3) is 10.9 Å². The van der Waals surface area contributed by atoms with Crippen LogP contribution >= 0.6 is 11.6 Å². The normalized spacial score (nSPS) is 11.2. The van der Waals surface area contributed by atoms with Crippen LogP contribution in [0, 0.1) is 17.0 Å². The predicted octanol–water partition coefficient (Wildman–Crippen LogP) is 5.25. The zero-order valence-electron chi connectivity index (χ0n) is 17.9. The Hall–Kier alpha value is -3.97. The Kier molecular flexibility index (Phi) is 6.51. The van der Waals surface area contributed by atoms with E-state index in [1.165, 1.54) is 6.07 Å². The lowest BCUT2D eigenvalue weighted by Gasteiger charge is -2.09. The van der Waals surface area contributed by atoms with Crippen LogP contribution in [-0.4, -0.2) is 21.6 Å². The molecule has 0 aliphatic carbocycles. The van der Waals surface area contributed by atoms with Crippen molar-refractivity contribution in [3.05, 3.63) is 110 Å². The number of carbonyl (C=O) groups is 1. The summed E-state index contributed by atoms with van der Waals surface area (Å²) < 4.78 is 2.19. The molecule has 0 unspecified atom stereocenters. The summed E-state index contributed by atoms with van der Waals surface area (Å²) in [5.74, 6) is -0.428. The monoisotopic (exact) mass is 460 g/mol. The van der Waals surface area contributed by atoms with Gasteiger partial charge in [-0.25, -0.2) is 5.43 Å². The first kappa shape index (κ1) is 22.2. The third-order valence-corrected chi connectivity index (χ3v) is 5.71. The van der Waals surface area contributed by atoms with Gasteiger partial charge in [0.2, 0.25) is 5.91 Å². The molecule has 166 valence electrons. The number of amides is 1. The van der Waals surface area contributed by atoms with Crippen molar-refractivity contribution in [3.8, 4) is 0 Å². The highest BCUT2D eigenvalue weighted by Crippen LogP contribution is 2.26. The molecular formula is C25H21ClN4O3. The van der Waals surface area contributed by atoms with E-state index in [0.29, 0.717) is 17.1 Å². The van der Waals surface area contributed by atoms with E-state index in [2.05, 4.69) is 15.1 Å². The average Bonchev–Trinajstić information content (AvgIpc) is 3.07. The predicted molar refractivity (Wildman–Crippen MR) is 130 cm³/mol. The Bertz CT molecular complexity index is 1360. The number of halogens is 1. The van der Waals surface area contributed by atoms with Crippen LogP contribution in [0.1, 0.15) is 22.4 Å². The van der Waals surface area contributed by atoms with Crippen LogP contribution in [0.4, 0.5) is 5.69 Å². The zero-order chi connectivity index (χ0) is 23.4. The van der Waals surface area contributed by atoms with Gasteiger partial charge in [-0.1, -0.05) is 60.1 Å². The van der Waals surface area contributed by atoms with Gasteiger partial charge < -0.3 is 4.57 Å². The van der Waals surface area contributed by atoms with Gasteiger partial charge in [-0.2, -0.15) is 5.10 Å². The molecule has 0 atom stereocenters. The van der Waals surface area contributed by atoms with Crippen LogP contribution in [0.3, 0.4) is 0 Å². The topological polar surface area (TPSA) is 89.5 Å². The minimum Gasteiger partial charge on any atom is -0.340 e. The Morgan fingerprint density at radius 2 is 1.79 bits per heavy atom. The fourth-order valence-electron chi connectivity index (χ4n) is 3.82. The summed E-state index contributed by atoms with van der Waals surface area (Å²) in [6.07, 6.45) is 1.49. The molecule has 1 amide bonds. The molecule has 33 heavy (non-hydrogen) atoms. The molecule has 8 heteroatoms. The van der Waals surface area contributed by atoms with E-state index in [0.717, 1.165) is 27.7 Å². The number of para-hydroxylation sites is 2. The summed E-state index contributed by atoms with van der Waals surface area (Å²) >= 11 is 6.01. The molecule has 1 aromatic heterocycles. The number of benzene rings is 3. The van der Waals surface area contributed by atoms with Crippen LogP contribution in [0.5, 0.6) is 0 Å². The van der Waals surface area contributed by atoms with Crippen LogP contribution in [0.2, 0.25) is 5.02 Å². The van der Waals surface area contributed by atoms with Crippen LogP contribution in [-0.2, 0) is 17.8 Å². The Morgan fingerprint density at radius 1 is 1.09 bits per heavy atom. The first-order valence-corrected chi connectivity index (χ1v) is 10.7. The van der Waals surface area contributed by atoms with E-state index in [4.69, 9.17) is 11.6 Å². The molecule has 0 radical (unpaired) electrons. The maximum Gasteiger partial charge on any atom is 0.273 e. The second kappa shape index (κ2) is 9.67. The second-order valence-corrected chi connectivity index (χ2v) is 8.02. The highest BCUT2D eigenvalue weighted by molar-refractivity contribution is 6.30. The number of carbonyl (C=O) groups excluding carboxylic acids is 1. The van der Waals surface area contributed by atoms with E-state index in [9.17, 15) is 14.9 Å². The number of hydrogen-bond acceptors (Lipinski definition) is 4. The quantitative estimate of drug-likeness (QED) is 0.232. The van der Waals surface area contributed by atoms with Crippen LogP contribution < -0.4 is 5.43 Å². The highest BCUT2D eigenvalue weighted by Gasteiger charge is 2.16. The van der Waals surface area contributed by atoms with Crippen molar-refractivity contribution in [2.75, 3.05) is 0 Å². The molecule has 4 rings (SSSR count). The maximum atomic E-state index is 12.3. The van der Waals surface area contributed by atoms with Gasteiger partial charge in [0, 0.05) is 45.4 Å². The molecule has 0 aliphatic heterocycles. The summed E-state index contributed by atoms with van der Waals surface area (Å²) in [5.41, 5.74) is 6.81. The number of nitro benzene ring substituents is 1. The minimum absolute atomic E-state index is 0.0854. The molecule has 1 heterocycles. The highest BCUT2D eigenvalue weighted by atomic mass is 35.5. The van der Waals surface area contributed by atoms with Gasteiger partial charge in [0.15, 0.2) is 0 Å². The Morgan fingerprint density at radius 3 is 2.55 bits per heavy atom. The number of aromatic nitrogens is 1. The molecule has 0 bridgehead atoms. The summed E-state index contributed by atoms with van der Waals surface area (Å²) in [7, 11) is 0. The number of fused-ring (bicyclic) bond motifs is 1. The third kappa shape index (κ3) is 4.94. The number of nitro groups is 1. The number of hydrazone groups is 1. The third-order valence-electron chi connectivity index (χ3n) is 5.46. The number of nitrogens with zero attached hydrogens (tertiary/aromatic N) is 3. The lowest BCUT2D eigenvalue weighted by atomic mass is 10.1. The Labute approximate surface area is 195 Å². The lowest BCUT2D eigenvalue weighted by Crippen LogP contribution is -2.20. The summed E-state index contributed by atoms with van der Waals surface area (Å²) in [6, 6.07) is 21.9. The summed E-state index contributed by atoms with van der Waals surface area (Å²) in [4.78, 5) is 23.0. The van der Waals surface area contributed by atoms with Gasteiger partial charge in [0.05, 0.1) is 17.6 Å². The van der Waals surface area contributed by atoms with Gasteiger partial charge in [0.1, 0.15) is 0 Å². The Balaban J connectivity index is 1.55. The zero-order valence-corrected chi connectivity index (χ0v) is 18.6. The van der Waals surface area contributed by atoms with Gasteiger partial charge in [0.25, 0.3) is 5.69 Å². The first-order valence-electron chi connectivity index (χ1n) is 10.3. The molecular weight excluding hydrogens is 440 g/mol. The van der Waals surface area contributed by atoms with Gasteiger partial charge in [-0.3, -0.25) is 14.9 Å². The van der Waals surface area contributed by atoms with E-state index < -0.39 is 10.8 Å². The van der Waals surface area contributed by atoms with Gasteiger partial charge in [-0.15, -0.1) is 0 Å². The first-order chi connectivity index (χ1) is 15.9. The minimum atomic E-state index is -0.495. The van der Waals surface area contributed by atoms with E-state index >= 15 is 0 Å². The van der Waals surface area contributed by atoms with Crippen molar-refractivity contribution in [2.45, 2.75) is 19.9 Å². The molecule has 0 saturated heterocycles.